The molecule has 2 aromatic rings. The number of hydrogen-bond donors (Lipinski definition) is 0. The zero-order chi connectivity index (χ0) is 12.4. The highest BCUT2D eigenvalue weighted by atomic mass is 15.1. The molecule has 1 aromatic carbocycles. The van der Waals surface area contributed by atoms with Crippen molar-refractivity contribution in [2.45, 2.75) is 39.7 Å². The molecule has 0 saturated heterocycles. The number of benzene rings is 1. The molecule has 0 fully saturated rings. The maximum atomic E-state index is 8.85. The second-order valence-corrected chi connectivity index (χ2v) is 4.50. The van der Waals surface area contributed by atoms with Gasteiger partial charge >= 0.3 is 0 Å². The molecule has 88 valence electrons. The highest BCUT2D eigenvalue weighted by molar-refractivity contribution is 5.77. The predicted molar refractivity (Wildman–Crippen MR) is 68.8 cm³/mol. The topological polar surface area (TPSA) is 41.6 Å². The van der Waals surface area contributed by atoms with Crippen LogP contribution in [-0.4, -0.2) is 9.55 Å². The molecule has 0 aliphatic carbocycles. The number of aryl methyl sites for hydroxylation is 1. The van der Waals surface area contributed by atoms with Gasteiger partial charge in [0.15, 0.2) is 0 Å². The average molecular weight is 227 g/mol. The minimum Gasteiger partial charge on any atom is -0.325 e. The molecule has 0 aliphatic rings. The van der Waals surface area contributed by atoms with Gasteiger partial charge in [0.05, 0.1) is 23.5 Å². The Hall–Kier alpha value is -1.82. The summed E-state index contributed by atoms with van der Waals surface area (Å²) in [5.74, 6) is 0.866. The van der Waals surface area contributed by atoms with Gasteiger partial charge in [0, 0.05) is 6.04 Å². The van der Waals surface area contributed by atoms with Crippen molar-refractivity contribution in [3.8, 4) is 6.07 Å². The standard InChI is InChI=1S/C14H17N3/c1-4-11-5-6-13-12(9-11)16-14(7-8-15)17(13)10(2)3/h5-6,9-10H,4,7H2,1-3H3. The first-order valence-corrected chi connectivity index (χ1v) is 6.04. The molecule has 0 spiro atoms. The number of fused-ring (bicyclic) bond motifs is 1. The summed E-state index contributed by atoms with van der Waals surface area (Å²) in [6.07, 6.45) is 1.38. The van der Waals surface area contributed by atoms with Crippen molar-refractivity contribution in [1.29, 1.82) is 5.26 Å². The summed E-state index contributed by atoms with van der Waals surface area (Å²) < 4.78 is 2.15. The molecule has 17 heavy (non-hydrogen) atoms. The Morgan fingerprint density at radius 2 is 2.18 bits per heavy atom. The van der Waals surface area contributed by atoms with Crippen molar-refractivity contribution in [2.75, 3.05) is 0 Å². The molecule has 0 unspecified atom stereocenters. The van der Waals surface area contributed by atoms with Gasteiger partial charge in [0.2, 0.25) is 0 Å². The third-order valence-corrected chi connectivity index (χ3v) is 2.99. The lowest BCUT2D eigenvalue weighted by Gasteiger charge is -2.11. The molecule has 0 atom stereocenters. The van der Waals surface area contributed by atoms with Gasteiger partial charge in [-0.05, 0) is 38.0 Å². The van der Waals surface area contributed by atoms with Crippen LogP contribution in [0.4, 0.5) is 0 Å². The Kier molecular flexibility index (Phi) is 3.14. The van der Waals surface area contributed by atoms with Gasteiger partial charge in [-0.3, -0.25) is 0 Å². The van der Waals surface area contributed by atoms with Gasteiger partial charge in [-0.2, -0.15) is 5.26 Å². The second-order valence-electron chi connectivity index (χ2n) is 4.50. The molecule has 0 amide bonds. The summed E-state index contributed by atoms with van der Waals surface area (Å²) in [6.45, 7) is 6.38. The minimum absolute atomic E-state index is 0.329. The highest BCUT2D eigenvalue weighted by Gasteiger charge is 2.12. The van der Waals surface area contributed by atoms with Crippen LogP contribution in [-0.2, 0) is 12.8 Å². The summed E-state index contributed by atoms with van der Waals surface area (Å²) in [5.41, 5.74) is 3.42. The normalized spacial score (nSPS) is 11.0. The number of imidazole rings is 1. The summed E-state index contributed by atoms with van der Waals surface area (Å²) in [4.78, 5) is 4.57. The van der Waals surface area contributed by atoms with E-state index in [4.69, 9.17) is 5.26 Å². The lowest BCUT2D eigenvalue weighted by molar-refractivity contribution is 0.594. The monoisotopic (exact) mass is 227 g/mol. The molecule has 2 rings (SSSR count). The van der Waals surface area contributed by atoms with Crippen LogP contribution in [0, 0.1) is 11.3 Å². The van der Waals surface area contributed by atoms with Crippen molar-refractivity contribution < 1.29 is 0 Å². The summed E-state index contributed by atoms with van der Waals surface area (Å²) in [7, 11) is 0. The van der Waals surface area contributed by atoms with Crippen LogP contribution in [0.2, 0.25) is 0 Å². The van der Waals surface area contributed by atoms with Crippen LogP contribution in [0.15, 0.2) is 18.2 Å². The molecule has 0 bridgehead atoms. The number of rotatable bonds is 3. The molecular weight excluding hydrogens is 210 g/mol. The lowest BCUT2D eigenvalue weighted by atomic mass is 10.1. The molecule has 3 nitrogen and oxygen atoms in total. The van der Waals surface area contributed by atoms with Gasteiger partial charge in [0.25, 0.3) is 0 Å². The summed E-state index contributed by atoms with van der Waals surface area (Å²) in [5, 5.41) is 8.85. The van der Waals surface area contributed by atoms with Crippen LogP contribution < -0.4 is 0 Å². The van der Waals surface area contributed by atoms with Gasteiger partial charge in [-0.15, -0.1) is 0 Å². The van der Waals surface area contributed by atoms with Crippen LogP contribution in [0.3, 0.4) is 0 Å². The van der Waals surface area contributed by atoms with Crippen LogP contribution in [0.1, 0.15) is 38.2 Å². The molecule has 1 aromatic heterocycles. The molecule has 1 heterocycles. The molecule has 3 heteroatoms. The fourth-order valence-corrected chi connectivity index (χ4v) is 2.19. The maximum absolute atomic E-state index is 8.85. The Balaban J connectivity index is 2.66. The van der Waals surface area contributed by atoms with E-state index in [1.807, 2.05) is 0 Å². The second kappa shape index (κ2) is 4.58. The Morgan fingerprint density at radius 1 is 1.41 bits per heavy atom. The van der Waals surface area contributed by atoms with Gasteiger partial charge in [0.1, 0.15) is 5.82 Å². The Bertz CT molecular complexity index is 573. The largest absolute Gasteiger partial charge is 0.325 e. The molecule has 0 N–H and O–H groups in total. The quantitative estimate of drug-likeness (QED) is 0.807. The number of nitrogens with zero attached hydrogens (tertiary/aromatic N) is 3. The minimum atomic E-state index is 0.329. The fourth-order valence-electron chi connectivity index (χ4n) is 2.19. The van der Waals surface area contributed by atoms with E-state index in [2.05, 4.69) is 54.6 Å². The van der Waals surface area contributed by atoms with E-state index in [9.17, 15) is 0 Å². The Labute approximate surface area is 102 Å². The smallest absolute Gasteiger partial charge is 0.124 e. The van der Waals surface area contributed by atoms with Crippen molar-refractivity contribution >= 4 is 11.0 Å². The van der Waals surface area contributed by atoms with Crippen LogP contribution >= 0.6 is 0 Å². The van der Waals surface area contributed by atoms with E-state index in [1.54, 1.807) is 0 Å². The van der Waals surface area contributed by atoms with E-state index < -0.39 is 0 Å². The van der Waals surface area contributed by atoms with Crippen molar-refractivity contribution in [3.63, 3.8) is 0 Å². The van der Waals surface area contributed by atoms with E-state index in [1.165, 1.54) is 5.56 Å². The summed E-state index contributed by atoms with van der Waals surface area (Å²) >= 11 is 0. The lowest BCUT2D eigenvalue weighted by Crippen LogP contribution is -2.05. The average Bonchev–Trinajstić information content (AvgIpc) is 2.66. The van der Waals surface area contributed by atoms with Gasteiger partial charge in [-0.1, -0.05) is 13.0 Å². The summed E-state index contributed by atoms with van der Waals surface area (Å²) in [6, 6.07) is 8.89. The first kappa shape index (κ1) is 11.7. The van der Waals surface area contributed by atoms with E-state index in [-0.39, 0.29) is 0 Å². The zero-order valence-corrected chi connectivity index (χ0v) is 10.6. The zero-order valence-electron chi connectivity index (χ0n) is 10.6. The van der Waals surface area contributed by atoms with Gasteiger partial charge in [-0.25, -0.2) is 4.98 Å². The predicted octanol–water partition coefficient (Wildman–Crippen LogP) is 3.25. The van der Waals surface area contributed by atoms with Crippen LogP contribution in [0.25, 0.3) is 11.0 Å². The third kappa shape index (κ3) is 2.03. The number of hydrogen-bond acceptors (Lipinski definition) is 2. The van der Waals surface area contributed by atoms with E-state index in [0.717, 1.165) is 23.3 Å². The van der Waals surface area contributed by atoms with E-state index in [0.29, 0.717) is 12.5 Å². The molecule has 0 aliphatic heterocycles. The SMILES string of the molecule is CCc1ccc2c(c1)nc(CC#N)n2C(C)C. The van der Waals surface area contributed by atoms with Crippen LogP contribution in [0.5, 0.6) is 0 Å². The molecular formula is C14H17N3. The van der Waals surface area contributed by atoms with Crippen molar-refractivity contribution in [2.24, 2.45) is 0 Å². The maximum Gasteiger partial charge on any atom is 0.124 e. The number of aromatic nitrogens is 2. The number of nitriles is 1. The first-order valence-electron chi connectivity index (χ1n) is 6.04. The van der Waals surface area contributed by atoms with Crippen molar-refractivity contribution in [1.82, 2.24) is 9.55 Å². The first-order chi connectivity index (χ1) is 8.17. The fraction of sp³-hybridized carbons (Fsp3) is 0.429. The van der Waals surface area contributed by atoms with E-state index >= 15 is 0 Å². The Morgan fingerprint density at radius 3 is 2.76 bits per heavy atom. The third-order valence-electron chi connectivity index (χ3n) is 2.99. The molecule has 0 radical (unpaired) electrons. The molecule has 0 saturated carbocycles. The van der Waals surface area contributed by atoms with Gasteiger partial charge < -0.3 is 4.57 Å². The highest BCUT2D eigenvalue weighted by Crippen LogP contribution is 2.22. The van der Waals surface area contributed by atoms with Crippen molar-refractivity contribution in [3.05, 3.63) is 29.6 Å².